The molecule has 0 radical (unpaired) electrons. The van der Waals surface area contributed by atoms with Crippen LogP contribution in [0.4, 0.5) is 0 Å². The molecular weight excluding hydrogens is 291 g/mol. The van der Waals surface area contributed by atoms with Crippen molar-refractivity contribution < 1.29 is 0 Å². The number of nitrogens with zero attached hydrogens (tertiary/aromatic N) is 4. The van der Waals surface area contributed by atoms with Gasteiger partial charge in [0.2, 0.25) is 10.6 Å². The van der Waals surface area contributed by atoms with Crippen molar-refractivity contribution in [3.63, 3.8) is 0 Å². The van der Waals surface area contributed by atoms with Gasteiger partial charge < -0.3 is 0 Å². The van der Waals surface area contributed by atoms with Gasteiger partial charge in [0.1, 0.15) is 5.03 Å². The van der Waals surface area contributed by atoms with Crippen LogP contribution in [0.1, 0.15) is 0 Å². The summed E-state index contributed by atoms with van der Waals surface area (Å²) in [5.41, 5.74) is 0. The Morgan fingerprint density at radius 3 is 2.31 bits per heavy atom. The van der Waals surface area contributed by atoms with Crippen LogP contribution < -0.4 is 0 Å². The first-order chi connectivity index (χ1) is 7.65. The normalized spacial score (nSPS) is 10.4. The molecule has 0 aromatic carbocycles. The average molecular weight is 294 g/mol. The molecule has 82 valence electrons. The molecule has 0 fully saturated rings. The lowest BCUT2D eigenvalue weighted by Gasteiger charge is -2.01. The van der Waals surface area contributed by atoms with Gasteiger partial charge in [0.15, 0.2) is 5.16 Å². The maximum Gasteiger partial charge on any atom is 0.227 e. The third-order valence-electron chi connectivity index (χ3n) is 1.47. The summed E-state index contributed by atoms with van der Waals surface area (Å²) in [5.74, 6) is 0. The van der Waals surface area contributed by atoms with Gasteiger partial charge in [0.05, 0.1) is 5.02 Å². The standard InChI is InChI=1S/C8H3Cl3N4S/c9-4-2-1-3-12-5(4)16-8-14-6(10)13-7(11)15-8/h1-3H. The van der Waals surface area contributed by atoms with E-state index in [1.54, 1.807) is 18.3 Å². The second-order valence-corrected chi connectivity index (χ2v) is 4.59. The molecule has 2 aromatic heterocycles. The Hall–Kier alpha value is -0.620. The molecular formula is C8H3Cl3N4S. The molecule has 8 heteroatoms. The number of hydrogen-bond acceptors (Lipinski definition) is 5. The van der Waals surface area contributed by atoms with E-state index in [4.69, 9.17) is 34.8 Å². The van der Waals surface area contributed by atoms with Crippen molar-refractivity contribution in [1.29, 1.82) is 0 Å². The minimum Gasteiger partial charge on any atom is -0.248 e. The van der Waals surface area contributed by atoms with Crippen LogP contribution in [-0.4, -0.2) is 19.9 Å². The van der Waals surface area contributed by atoms with Crippen molar-refractivity contribution in [1.82, 2.24) is 19.9 Å². The minimum atomic E-state index is 0.0366. The van der Waals surface area contributed by atoms with Gasteiger partial charge in [-0.3, -0.25) is 0 Å². The highest BCUT2D eigenvalue weighted by Crippen LogP contribution is 2.29. The summed E-state index contributed by atoms with van der Waals surface area (Å²) in [4.78, 5) is 15.5. The molecule has 0 saturated carbocycles. The van der Waals surface area contributed by atoms with Crippen LogP contribution in [-0.2, 0) is 0 Å². The van der Waals surface area contributed by atoms with Gasteiger partial charge in [0.25, 0.3) is 0 Å². The number of hydrogen-bond donors (Lipinski definition) is 0. The van der Waals surface area contributed by atoms with E-state index in [-0.39, 0.29) is 10.6 Å². The molecule has 2 heterocycles. The number of halogens is 3. The van der Waals surface area contributed by atoms with Crippen LogP contribution in [0.5, 0.6) is 0 Å². The predicted molar refractivity (Wildman–Crippen MR) is 63.2 cm³/mol. The second kappa shape index (κ2) is 5.14. The summed E-state index contributed by atoms with van der Waals surface area (Å²) >= 11 is 18.4. The first-order valence-electron chi connectivity index (χ1n) is 4.00. The number of rotatable bonds is 2. The molecule has 0 aliphatic rings. The molecule has 2 rings (SSSR count). The molecule has 4 nitrogen and oxygen atoms in total. The zero-order chi connectivity index (χ0) is 11.5. The van der Waals surface area contributed by atoms with E-state index in [1.165, 1.54) is 11.8 Å². The molecule has 0 saturated heterocycles. The fourth-order valence-corrected chi connectivity index (χ4v) is 2.30. The van der Waals surface area contributed by atoms with Crippen molar-refractivity contribution in [3.8, 4) is 0 Å². The number of aromatic nitrogens is 4. The minimum absolute atomic E-state index is 0.0366. The van der Waals surface area contributed by atoms with Crippen LogP contribution >= 0.6 is 46.6 Å². The van der Waals surface area contributed by atoms with Gasteiger partial charge in [0, 0.05) is 6.20 Å². The van der Waals surface area contributed by atoms with E-state index in [1.807, 2.05) is 0 Å². The first-order valence-corrected chi connectivity index (χ1v) is 5.95. The lowest BCUT2D eigenvalue weighted by Crippen LogP contribution is -1.92. The molecule has 0 bridgehead atoms. The zero-order valence-electron chi connectivity index (χ0n) is 7.56. The van der Waals surface area contributed by atoms with Crippen LogP contribution in [0.25, 0.3) is 0 Å². The summed E-state index contributed by atoms with van der Waals surface area (Å²) in [7, 11) is 0. The molecule has 0 aliphatic heterocycles. The van der Waals surface area contributed by atoms with Crippen molar-refractivity contribution in [2.75, 3.05) is 0 Å². The molecule has 0 atom stereocenters. The maximum absolute atomic E-state index is 5.93. The highest BCUT2D eigenvalue weighted by Gasteiger charge is 2.08. The molecule has 0 unspecified atom stereocenters. The van der Waals surface area contributed by atoms with E-state index in [2.05, 4.69) is 19.9 Å². The first kappa shape index (κ1) is 11.9. The lowest BCUT2D eigenvalue weighted by atomic mass is 10.5. The highest BCUT2D eigenvalue weighted by molar-refractivity contribution is 7.99. The summed E-state index contributed by atoms with van der Waals surface area (Å²) in [5, 5.41) is 1.53. The average Bonchev–Trinajstić information content (AvgIpc) is 2.20. The fraction of sp³-hybridized carbons (Fsp3) is 0. The highest BCUT2D eigenvalue weighted by atomic mass is 35.5. The summed E-state index contributed by atoms with van der Waals surface area (Å²) in [6.07, 6.45) is 1.62. The molecule has 0 N–H and O–H groups in total. The van der Waals surface area contributed by atoms with Gasteiger partial charge in [-0.25, -0.2) is 4.98 Å². The van der Waals surface area contributed by atoms with E-state index in [0.717, 1.165) is 0 Å². The number of pyridine rings is 1. The Labute approximate surface area is 110 Å². The Balaban J connectivity index is 2.30. The Kier molecular flexibility index (Phi) is 3.81. The third kappa shape index (κ3) is 2.95. The van der Waals surface area contributed by atoms with Crippen molar-refractivity contribution >= 4 is 46.6 Å². The van der Waals surface area contributed by atoms with Gasteiger partial charge in [-0.05, 0) is 47.1 Å². The second-order valence-electron chi connectivity index (χ2n) is 2.55. The van der Waals surface area contributed by atoms with Gasteiger partial charge >= 0.3 is 0 Å². The van der Waals surface area contributed by atoms with Gasteiger partial charge in [-0.15, -0.1) is 0 Å². The zero-order valence-corrected chi connectivity index (χ0v) is 10.6. The molecule has 0 aliphatic carbocycles. The van der Waals surface area contributed by atoms with Gasteiger partial charge in [-0.1, -0.05) is 11.6 Å². The summed E-state index contributed by atoms with van der Waals surface area (Å²) < 4.78 is 0. The van der Waals surface area contributed by atoms with Crippen LogP contribution in [0, 0.1) is 0 Å². The molecule has 0 amide bonds. The maximum atomic E-state index is 5.93. The molecule has 16 heavy (non-hydrogen) atoms. The molecule has 2 aromatic rings. The van der Waals surface area contributed by atoms with Crippen molar-refractivity contribution in [2.24, 2.45) is 0 Å². The van der Waals surface area contributed by atoms with E-state index in [0.29, 0.717) is 15.2 Å². The van der Waals surface area contributed by atoms with Crippen LogP contribution in [0.2, 0.25) is 15.6 Å². The fourth-order valence-electron chi connectivity index (χ4n) is 0.887. The summed E-state index contributed by atoms with van der Waals surface area (Å²) in [6.45, 7) is 0. The van der Waals surface area contributed by atoms with E-state index < -0.39 is 0 Å². The monoisotopic (exact) mass is 292 g/mol. The van der Waals surface area contributed by atoms with Crippen molar-refractivity contribution in [2.45, 2.75) is 10.2 Å². The Morgan fingerprint density at radius 1 is 1.00 bits per heavy atom. The lowest BCUT2D eigenvalue weighted by molar-refractivity contribution is 0.900. The Bertz CT molecular complexity index is 502. The Morgan fingerprint density at radius 2 is 1.69 bits per heavy atom. The van der Waals surface area contributed by atoms with Crippen LogP contribution in [0.15, 0.2) is 28.5 Å². The largest absolute Gasteiger partial charge is 0.248 e. The molecule has 0 spiro atoms. The summed E-state index contributed by atoms with van der Waals surface area (Å²) in [6, 6.07) is 3.46. The SMILES string of the molecule is Clc1nc(Cl)nc(Sc2ncccc2Cl)n1. The predicted octanol–water partition coefficient (Wildman–Crippen LogP) is 3.38. The van der Waals surface area contributed by atoms with E-state index >= 15 is 0 Å². The van der Waals surface area contributed by atoms with Crippen LogP contribution in [0.3, 0.4) is 0 Å². The third-order valence-corrected chi connectivity index (χ3v) is 3.11. The topological polar surface area (TPSA) is 51.6 Å². The quantitative estimate of drug-likeness (QED) is 0.849. The smallest absolute Gasteiger partial charge is 0.227 e. The van der Waals surface area contributed by atoms with E-state index in [9.17, 15) is 0 Å². The van der Waals surface area contributed by atoms with Gasteiger partial charge in [-0.2, -0.15) is 15.0 Å². The van der Waals surface area contributed by atoms with Crippen molar-refractivity contribution in [3.05, 3.63) is 33.9 Å².